The minimum Gasteiger partial charge on any atom is -0.772 e. The molecule has 0 saturated carbocycles. The largest absolute Gasteiger partial charge is 0.772 e. The lowest BCUT2D eigenvalue weighted by Crippen LogP contribution is -2.34. The smallest absolute Gasteiger partial charge is 0.510 e. The van der Waals surface area contributed by atoms with E-state index in [9.17, 15) is 26.8 Å². The summed E-state index contributed by atoms with van der Waals surface area (Å²) in [5, 5.41) is 9.72. The van der Waals surface area contributed by atoms with E-state index in [1.54, 1.807) is 0 Å². The Labute approximate surface area is 54.9 Å². The van der Waals surface area contributed by atoms with Gasteiger partial charge in [-0.25, -0.2) is 8.42 Å². The van der Waals surface area contributed by atoms with Gasteiger partial charge in [-0.2, -0.15) is 13.2 Å². The minimum absolute atomic E-state index is 0.267. The highest BCUT2D eigenvalue weighted by atomic mass is 32.2. The summed E-state index contributed by atoms with van der Waals surface area (Å²) >= 11 is 0. The van der Waals surface area contributed by atoms with Crippen molar-refractivity contribution in [3.8, 4) is 0 Å². The van der Waals surface area contributed by atoms with Gasteiger partial charge in [0.05, 0.1) is 0 Å². The summed E-state index contributed by atoms with van der Waals surface area (Å²) in [4.78, 5) is 0. The number of hydrogen-bond donors (Lipinski definition) is 0. The highest BCUT2D eigenvalue weighted by molar-refractivity contribution is 7.90. The minimum atomic E-state index is -5.64. The van der Waals surface area contributed by atoms with Gasteiger partial charge in [-0.3, -0.25) is 4.47 Å². The molecule has 0 aromatic carbocycles. The van der Waals surface area contributed by atoms with Crippen molar-refractivity contribution in [2.75, 3.05) is 7.05 Å². The first-order chi connectivity index (χ1) is 4.19. The van der Waals surface area contributed by atoms with Gasteiger partial charge in [0.2, 0.25) is 0 Å². The molecule has 10 heavy (non-hydrogen) atoms. The fourth-order valence-electron chi connectivity index (χ4n) is 0.146. The van der Waals surface area contributed by atoms with Crippen LogP contribution in [0.2, 0.25) is 0 Å². The normalized spacial score (nSPS) is 14.2. The summed E-state index contributed by atoms with van der Waals surface area (Å²) in [6.07, 6.45) is 0. The molecule has 8 heteroatoms. The van der Waals surface area contributed by atoms with Gasteiger partial charge in [0, 0.05) is 0 Å². The molecular weight excluding hydrogens is 175 g/mol. The molecule has 0 aliphatic heterocycles. The standard InChI is InChI=1S/C2H3F3NO3S/c1-6(7)10(8,9)2(3,4)5/h1H3/q-1. The van der Waals surface area contributed by atoms with Crippen molar-refractivity contribution in [1.29, 1.82) is 0 Å². The van der Waals surface area contributed by atoms with E-state index in [0.717, 1.165) is 0 Å². The molecule has 0 bridgehead atoms. The molecule has 0 aliphatic carbocycles. The molecule has 62 valence electrons. The van der Waals surface area contributed by atoms with E-state index in [0.29, 0.717) is 0 Å². The third-order valence-electron chi connectivity index (χ3n) is 0.631. The summed E-state index contributed by atoms with van der Waals surface area (Å²) < 4.78 is 52.3. The Morgan fingerprint density at radius 2 is 1.70 bits per heavy atom. The maximum atomic E-state index is 11.3. The van der Waals surface area contributed by atoms with Crippen molar-refractivity contribution in [1.82, 2.24) is 4.47 Å². The average Bonchev–Trinajstić information content (AvgIpc) is 1.62. The molecule has 0 saturated heterocycles. The first-order valence-electron chi connectivity index (χ1n) is 1.92. The van der Waals surface area contributed by atoms with Crippen LogP contribution in [0.1, 0.15) is 0 Å². The topological polar surface area (TPSA) is 60.4 Å². The van der Waals surface area contributed by atoms with Gasteiger partial charge in [0.1, 0.15) is 0 Å². The number of halogens is 3. The lowest BCUT2D eigenvalue weighted by atomic mass is 11.5. The van der Waals surface area contributed by atoms with Gasteiger partial charge in [-0.15, -0.1) is 0 Å². The van der Waals surface area contributed by atoms with Crippen molar-refractivity contribution in [3.63, 3.8) is 0 Å². The molecule has 0 aliphatic rings. The molecule has 0 heterocycles. The van der Waals surface area contributed by atoms with Gasteiger partial charge in [0.15, 0.2) is 0 Å². The Kier molecular flexibility index (Phi) is 2.28. The molecule has 0 aromatic rings. The Bertz CT molecular complexity index is 204. The summed E-state index contributed by atoms with van der Waals surface area (Å²) in [5.74, 6) is 0. The Hall–Kier alpha value is -0.340. The fourth-order valence-corrected chi connectivity index (χ4v) is 0.437. The summed E-state index contributed by atoms with van der Waals surface area (Å²) in [7, 11) is -5.37. The monoisotopic (exact) mass is 178 g/mol. The molecule has 0 amide bonds. The van der Waals surface area contributed by atoms with Gasteiger partial charge < -0.3 is 5.21 Å². The highest BCUT2D eigenvalue weighted by Gasteiger charge is 2.45. The lowest BCUT2D eigenvalue weighted by molar-refractivity contribution is -0.0472. The molecule has 0 aromatic heterocycles. The Balaban J connectivity index is 4.79. The van der Waals surface area contributed by atoms with E-state index >= 15 is 0 Å². The second-order valence-electron chi connectivity index (χ2n) is 1.36. The molecule has 0 radical (unpaired) electrons. The van der Waals surface area contributed by atoms with Crippen LogP contribution in [0.4, 0.5) is 13.2 Å². The van der Waals surface area contributed by atoms with E-state index < -0.39 is 20.0 Å². The zero-order valence-electron chi connectivity index (χ0n) is 4.71. The number of hydrogen-bond acceptors (Lipinski definition) is 3. The molecule has 0 fully saturated rings. The maximum absolute atomic E-state index is 11.3. The van der Waals surface area contributed by atoms with E-state index in [2.05, 4.69) is 0 Å². The second-order valence-corrected chi connectivity index (χ2v) is 3.29. The summed E-state index contributed by atoms with van der Waals surface area (Å²) in [6, 6.07) is 0. The molecule has 0 unspecified atom stereocenters. The molecule has 0 atom stereocenters. The SMILES string of the molecule is CN([O-])S(=O)(=O)C(F)(F)F. The van der Waals surface area contributed by atoms with Gasteiger partial charge >= 0.3 is 15.5 Å². The molecule has 0 rings (SSSR count). The Morgan fingerprint density at radius 1 is 1.40 bits per heavy atom. The van der Waals surface area contributed by atoms with Crippen LogP contribution in [-0.2, 0) is 10.0 Å². The summed E-state index contributed by atoms with van der Waals surface area (Å²) in [6.45, 7) is 0. The highest BCUT2D eigenvalue weighted by Crippen LogP contribution is 2.24. The van der Waals surface area contributed by atoms with E-state index in [4.69, 9.17) is 0 Å². The zero-order valence-corrected chi connectivity index (χ0v) is 5.53. The molecule has 0 spiro atoms. The average molecular weight is 178 g/mol. The number of alkyl halides is 3. The first-order valence-corrected chi connectivity index (χ1v) is 3.36. The van der Waals surface area contributed by atoms with E-state index in [-0.39, 0.29) is 7.05 Å². The van der Waals surface area contributed by atoms with E-state index in [1.807, 2.05) is 0 Å². The number of rotatable bonds is 1. The third kappa shape index (κ3) is 1.58. The summed E-state index contributed by atoms with van der Waals surface area (Å²) in [5.41, 5.74) is -5.50. The van der Waals surface area contributed by atoms with Crippen molar-refractivity contribution < 1.29 is 21.6 Å². The van der Waals surface area contributed by atoms with Crippen LogP contribution in [0.5, 0.6) is 0 Å². The van der Waals surface area contributed by atoms with Crippen molar-refractivity contribution in [3.05, 3.63) is 5.21 Å². The zero-order chi connectivity index (χ0) is 8.58. The van der Waals surface area contributed by atoms with Crippen molar-refractivity contribution in [2.45, 2.75) is 5.51 Å². The predicted molar refractivity (Wildman–Crippen MR) is 26.1 cm³/mol. The van der Waals surface area contributed by atoms with Crippen molar-refractivity contribution >= 4 is 10.0 Å². The third-order valence-corrected chi connectivity index (χ3v) is 1.89. The van der Waals surface area contributed by atoms with Crippen LogP contribution in [0, 0.1) is 5.21 Å². The van der Waals surface area contributed by atoms with Crippen LogP contribution < -0.4 is 0 Å². The number of sulfonamides is 1. The predicted octanol–water partition coefficient (Wildman–Crippen LogP) is 0.266. The number of hydroxylamine groups is 1. The maximum Gasteiger partial charge on any atom is 0.510 e. The van der Waals surface area contributed by atoms with Gasteiger partial charge in [-0.1, -0.05) is 0 Å². The fraction of sp³-hybridized carbons (Fsp3) is 1.00. The molecule has 4 nitrogen and oxygen atoms in total. The quantitative estimate of drug-likeness (QED) is 0.541. The van der Waals surface area contributed by atoms with Crippen LogP contribution in [0.15, 0.2) is 0 Å². The van der Waals surface area contributed by atoms with Crippen molar-refractivity contribution in [2.24, 2.45) is 0 Å². The second kappa shape index (κ2) is 2.36. The van der Waals surface area contributed by atoms with Crippen LogP contribution in [-0.4, -0.2) is 25.4 Å². The number of nitrogens with zero attached hydrogens (tertiary/aromatic N) is 1. The lowest BCUT2D eigenvalue weighted by Gasteiger charge is -2.22. The van der Waals surface area contributed by atoms with Crippen LogP contribution in [0.3, 0.4) is 0 Å². The molecular formula is C2H3F3NO3S-. The van der Waals surface area contributed by atoms with Crippen LogP contribution in [0.25, 0.3) is 0 Å². The molecule has 0 N–H and O–H groups in total. The first kappa shape index (κ1) is 9.66. The Morgan fingerprint density at radius 3 is 1.70 bits per heavy atom. The van der Waals surface area contributed by atoms with E-state index in [1.165, 1.54) is 0 Å². The van der Waals surface area contributed by atoms with Gasteiger partial charge in [0.25, 0.3) is 0 Å². The van der Waals surface area contributed by atoms with Gasteiger partial charge in [-0.05, 0) is 7.05 Å². The van der Waals surface area contributed by atoms with Crippen LogP contribution >= 0.6 is 0 Å².